The number of hydroxylamine groups is 1. The fraction of sp³-hybridized carbons (Fsp3) is 0.500. The van der Waals surface area contributed by atoms with Crippen LogP contribution in [0.1, 0.15) is 32.1 Å². The molecular weight excluding hydrogens is 246 g/mol. The largest absolute Gasteiger partial charge is 0.497 e. The number of carbonyl (C=O) groups excluding carboxylic acids is 1. The van der Waals surface area contributed by atoms with E-state index in [9.17, 15) is 4.79 Å². The van der Waals surface area contributed by atoms with Crippen molar-refractivity contribution >= 4 is 5.91 Å². The summed E-state index contributed by atoms with van der Waals surface area (Å²) in [5, 5.41) is 8.31. The van der Waals surface area contributed by atoms with Crippen molar-refractivity contribution in [2.24, 2.45) is 0 Å². The first-order chi connectivity index (χ1) is 9.26. The Labute approximate surface area is 113 Å². The van der Waals surface area contributed by atoms with Crippen molar-refractivity contribution in [2.45, 2.75) is 32.1 Å². The zero-order chi connectivity index (χ0) is 13.9. The van der Waals surface area contributed by atoms with Gasteiger partial charge in [-0.15, -0.1) is 0 Å². The van der Waals surface area contributed by atoms with Gasteiger partial charge in [0.15, 0.2) is 0 Å². The van der Waals surface area contributed by atoms with Gasteiger partial charge in [0.1, 0.15) is 11.5 Å². The maximum atomic E-state index is 10.7. The van der Waals surface area contributed by atoms with Gasteiger partial charge in [-0.2, -0.15) is 0 Å². The highest BCUT2D eigenvalue weighted by Gasteiger charge is 1.99. The second-order valence-electron chi connectivity index (χ2n) is 4.23. The molecule has 0 fully saturated rings. The third-order valence-corrected chi connectivity index (χ3v) is 2.73. The van der Waals surface area contributed by atoms with Gasteiger partial charge in [-0.1, -0.05) is 18.9 Å². The minimum Gasteiger partial charge on any atom is -0.497 e. The molecule has 0 saturated carbocycles. The van der Waals surface area contributed by atoms with Gasteiger partial charge in [0.05, 0.1) is 13.7 Å². The molecule has 0 aromatic heterocycles. The second kappa shape index (κ2) is 9.22. The number of methoxy groups -OCH3 is 1. The molecule has 19 heavy (non-hydrogen) atoms. The highest BCUT2D eigenvalue weighted by Crippen LogP contribution is 2.19. The average Bonchev–Trinajstić information content (AvgIpc) is 2.46. The molecule has 0 aliphatic heterocycles. The first kappa shape index (κ1) is 15.3. The van der Waals surface area contributed by atoms with Crippen LogP contribution in [0.4, 0.5) is 0 Å². The molecule has 0 aliphatic rings. The predicted molar refractivity (Wildman–Crippen MR) is 71.5 cm³/mol. The Morgan fingerprint density at radius 1 is 1.21 bits per heavy atom. The molecule has 5 heteroatoms. The molecular formula is C14H21NO4. The first-order valence-corrected chi connectivity index (χ1v) is 6.46. The molecule has 1 aromatic carbocycles. The zero-order valence-electron chi connectivity index (χ0n) is 11.2. The summed E-state index contributed by atoms with van der Waals surface area (Å²) in [6.45, 7) is 0.652. The van der Waals surface area contributed by atoms with Crippen LogP contribution < -0.4 is 15.0 Å². The molecule has 0 saturated heterocycles. The maximum absolute atomic E-state index is 10.7. The second-order valence-corrected chi connectivity index (χ2v) is 4.23. The van der Waals surface area contributed by atoms with Crippen molar-refractivity contribution in [1.82, 2.24) is 5.48 Å². The molecule has 0 atom stereocenters. The number of ether oxygens (including phenoxy) is 2. The summed E-state index contributed by atoms with van der Waals surface area (Å²) in [5.41, 5.74) is 1.62. The normalized spacial score (nSPS) is 10.0. The highest BCUT2D eigenvalue weighted by atomic mass is 16.5. The molecule has 0 heterocycles. The summed E-state index contributed by atoms with van der Waals surface area (Å²) in [5.74, 6) is 1.26. The summed E-state index contributed by atoms with van der Waals surface area (Å²) < 4.78 is 10.7. The molecule has 0 spiro atoms. The van der Waals surface area contributed by atoms with Crippen LogP contribution >= 0.6 is 0 Å². The Hall–Kier alpha value is -1.75. The molecule has 1 rings (SSSR count). The van der Waals surface area contributed by atoms with E-state index >= 15 is 0 Å². The third kappa shape index (κ3) is 6.67. The lowest BCUT2D eigenvalue weighted by Crippen LogP contribution is -2.17. The van der Waals surface area contributed by atoms with Crippen molar-refractivity contribution in [2.75, 3.05) is 13.7 Å². The van der Waals surface area contributed by atoms with Gasteiger partial charge in [0.25, 0.3) is 0 Å². The smallest absolute Gasteiger partial charge is 0.243 e. The number of unbranched alkanes of at least 4 members (excludes halogenated alkanes) is 3. The highest BCUT2D eigenvalue weighted by molar-refractivity contribution is 5.74. The minimum atomic E-state index is -0.326. The van der Waals surface area contributed by atoms with Gasteiger partial charge >= 0.3 is 0 Å². The molecule has 0 radical (unpaired) electrons. The summed E-state index contributed by atoms with van der Waals surface area (Å²) >= 11 is 0. The number of hydrogen-bond acceptors (Lipinski definition) is 4. The summed E-state index contributed by atoms with van der Waals surface area (Å²) in [7, 11) is 1.63. The van der Waals surface area contributed by atoms with E-state index in [1.54, 1.807) is 12.6 Å². The molecule has 106 valence electrons. The molecule has 1 amide bonds. The van der Waals surface area contributed by atoms with Gasteiger partial charge < -0.3 is 9.47 Å². The Morgan fingerprint density at radius 2 is 1.95 bits per heavy atom. The molecule has 1 aromatic rings. The molecule has 5 nitrogen and oxygen atoms in total. The van der Waals surface area contributed by atoms with E-state index in [2.05, 4.69) is 0 Å². The van der Waals surface area contributed by atoms with Crippen LogP contribution in [0.15, 0.2) is 24.3 Å². The number of benzene rings is 1. The van der Waals surface area contributed by atoms with Crippen LogP contribution in [0.5, 0.6) is 11.5 Å². The maximum Gasteiger partial charge on any atom is 0.243 e. The Kier molecular flexibility index (Phi) is 7.43. The lowest BCUT2D eigenvalue weighted by atomic mass is 10.1. The number of carbonyl (C=O) groups is 1. The van der Waals surface area contributed by atoms with Gasteiger partial charge in [-0.05, 0) is 25.0 Å². The number of amides is 1. The Bertz CT molecular complexity index is 381. The zero-order valence-corrected chi connectivity index (χ0v) is 11.2. The van der Waals surface area contributed by atoms with E-state index in [1.165, 1.54) is 0 Å². The fourth-order valence-electron chi connectivity index (χ4n) is 1.68. The monoisotopic (exact) mass is 267 g/mol. The van der Waals surface area contributed by atoms with Crippen molar-refractivity contribution in [3.63, 3.8) is 0 Å². The van der Waals surface area contributed by atoms with Crippen LogP contribution in [0.3, 0.4) is 0 Å². The summed E-state index contributed by atoms with van der Waals surface area (Å²) in [4.78, 5) is 10.7. The van der Waals surface area contributed by atoms with E-state index < -0.39 is 0 Å². The molecule has 0 aliphatic carbocycles. The summed E-state index contributed by atoms with van der Waals surface area (Å²) in [6, 6.07) is 7.51. The van der Waals surface area contributed by atoms with Crippen molar-refractivity contribution in [3.8, 4) is 11.5 Å². The van der Waals surface area contributed by atoms with E-state index in [1.807, 2.05) is 24.3 Å². The number of hydrogen-bond donors (Lipinski definition) is 2. The van der Waals surface area contributed by atoms with Crippen LogP contribution in [0.2, 0.25) is 0 Å². The Balaban J connectivity index is 2.05. The molecule has 2 N–H and O–H groups in total. The lowest BCUT2D eigenvalue weighted by molar-refractivity contribution is -0.129. The predicted octanol–water partition coefficient (Wildman–Crippen LogP) is 2.53. The van der Waals surface area contributed by atoms with Gasteiger partial charge in [0.2, 0.25) is 5.91 Å². The molecule has 0 bridgehead atoms. The molecule has 0 unspecified atom stereocenters. The first-order valence-electron chi connectivity index (χ1n) is 6.46. The van der Waals surface area contributed by atoms with E-state index in [0.717, 1.165) is 37.2 Å². The van der Waals surface area contributed by atoms with Crippen molar-refractivity contribution in [1.29, 1.82) is 0 Å². The van der Waals surface area contributed by atoms with E-state index in [4.69, 9.17) is 14.7 Å². The van der Waals surface area contributed by atoms with Gasteiger partial charge in [-0.3, -0.25) is 10.0 Å². The SMILES string of the molecule is COc1cccc(OCCCCCCC(=O)NO)c1. The van der Waals surface area contributed by atoms with Crippen LogP contribution in [-0.2, 0) is 4.79 Å². The fourth-order valence-corrected chi connectivity index (χ4v) is 1.68. The minimum absolute atomic E-state index is 0.326. The van der Waals surface area contributed by atoms with Crippen LogP contribution in [0, 0.1) is 0 Å². The number of nitrogens with one attached hydrogen (secondary N) is 1. The number of rotatable bonds is 9. The van der Waals surface area contributed by atoms with Crippen LogP contribution in [-0.4, -0.2) is 24.8 Å². The van der Waals surface area contributed by atoms with Crippen molar-refractivity contribution < 1.29 is 19.5 Å². The summed E-state index contributed by atoms with van der Waals surface area (Å²) in [6.07, 6.45) is 4.05. The van der Waals surface area contributed by atoms with E-state index in [-0.39, 0.29) is 5.91 Å². The quantitative estimate of drug-likeness (QED) is 0.410. The van der Waals surface area contributed by atoms with Crippen LogP contribution in [0.25, 0.3) is 0 Å². The topological polar surface area (TPSA) is 67.8 Å². The van der Waals surface area contributed by atoms with Crippen molar-refractivity contribution in [3.05, 3.63) is 24.3 Å². The van der Waals surface area contributed by atoms with Gasteiger partial charge in [0, 0.05) is 12.5 Å². The van der Waals surface area contributed by atoms with E-state index in [0.29, 0.717) is 13.0 Å². The average molecular weight is 267 g/mol. The van der Waals surface area contributed by atoms with Gasteiger partial charge in [-0.25, -0.2) is 5.48 Å². The third-order valence-electron chi connectivity index (χ3n) is 2.73. The standard InChI is InChI=1S/C14H21NO4/c1-18-12-7-6-8-13(11-12)19-10-5-3-2-4-9-14(16)15-17/h6-8,11,17H,2-5,9-10H2,1H3,(H,15,16). The Morgan fingerprint density at radius 3 is 2.68 bits per heavy atom. The lowest BCUT2D eigenvalue weighted by Gasteiger charge is -2.07.